The fourth-order valence-corrected chi connectivity index (χ4v) is 3.70. The summed E-state index contributed by atoms with van der Waals surface area (Å²) in [5.74, 6) is 1.04. The van der Waals surface area contributed by atoms with Crippen LogP contribution in [0.4, 0.5) is 0 Å². The fraction of sp³-hybridized carbons (Fsp3) is 0.769. The summed E-state index contributed by atoms with van der Waals surface area (Å²) in [5.41, 5.74) is 1.36. The molecule has 1 heteroatoms. The summed E-state index contributed by atoms with van der Waals surface area (Å²) < 4.78 is 5.87. The zero-order valence-electron chi connectivity index (χ0n) is 18.4. The van der Waals surface area contributed by atoms with Crippen LogP contribution in [0, 0.1) is 0 Å². The predicted octanol–water partition coefficient (Wildman–Crippen LogP) is 8.89. The Kier molecular flexibility index (Phi) is 16.4. The third-order valence-corrected chi connectivity index (χ3v) is 5.57. The first-order chi connectivity index (χ1) is 13.4. The number of aryl methyl sites for hydroxylation is 1. The summed E-state index contributed by atoms with van der Waals surface area (Å²) >= 11 is 0. The Morgan fingerprint density at radius 3 is 1.56 bits per heavy atom. The second-order valence-electron chi connectivity index (χ2n) is 8.15. The molecule has 156 valence electrons. The standard InChI is InChI=1S/C26H46O/c1-3-5-6-7-8-9-10-11-12-13-14-15-16-17-18-19-23-27-26-22-20-21-25(4-2)24-26/h20-22,24H,3-19,23H2,1-2H3. The maximum atomic E-state index is 5.87. The van der Waals surface area contributed by atoms with Crippen LogP contribution in [0.5, 0.6) is 5.75 Å². The SMILES string of the molecule is CCCCCCCCCCCCCCCCCCOc1cccc(CC)c1. The van der Waals surface area contributed by atoms with Gasteiger partial charge in [-0.05, 0) is 30.5 Å². The maximum absolute atomic E-state index is 5.87. The molecule has 27 heavy (non-hydrogen) atoms. The lowest BCUT2D eigenvalue weighted by atomic mass is 10.0. The van der Waals surface area contributed by atoms with E-state index in [0.29, 0.717) is 0 Å². The lowest BCUT2D eigenvalue weighted by Crippen LogP contribution is -1.97. The fourth-order valence-electron chi connectivity index (χ4n) is 3.70. The van der Waals surface area contributed by atoms with E-state index in [1.807, 2.05) is 0 Å². The van der Waals surface area contributed by atoms with Gasteiger partial charge in [-0.1, -0.05) is 122 Å². The minimum absolute atomic E-state index is 0.867. The summed E-state index contributed by atoms with van der Waals surface area (Å²) in [7, 11) is 0. The van der Waals surface area contributed by atoms with Gasteiger partial charge in [0.15, 0.2) is 0 Å². The molecule has 0 aliphatic heterocycles. The summed E-state index contributed by atoms with van der Waals surface area (Å²) in [5, 5.41) is 0. The highest BCUT2D eigenvalue weighted by Crippen LogP contribution is 2.16. The number of benzene rings is 1. The molecule has 1 rings (SSSR count). The zero-order chi connectivity index (χ0) is 19.4. The molecule has 0 saturated carbocycles. The molecule has 0 atom stereocenters. The van der Waals surface area contributed by atoms with Gasteiger partial charge in [0, 0.05) is 0 Å². The molecule has 0 aliphatic rings. The van der Waals surface area contributed by atoms with Gasteiger partial charge in [-0.15, -0.1) is 0 Å². The van der Waals surface area contributed by atoms with Crippen LogP contribution in [0.2, 0.25) is 0 Å². The van der Waals surface area contributed by atoms with E-state index in [4.69, 9.17) is 4.74 Å². The van der Waals surface area contributed by atoms with E-state index in [9.17, 15) is 0 Å². The molecule has 0 bridgehead atoms. The van der Waals surface area contributed by atoms with E-state index in [2.05, 4.69) is 38.1 Å². The molecule has 1 nitrogen and oxygen atoms in total. The lowest BCUT2D eigenvalue weighted by Gasteiger charge is -2.07. The van der Waals surface area contributed by atoms with Crippen molar-refractivity contribution in [1.29, 1.82) is 0 Å². The molecular formula is C26H46O. The third-order valence-electron chi connectivity index (χ3n) is 5.57. The Bertz CT molecular complexity index is 426. The first-order valence-corrected chi connectivity index (χ1v) is 12.1. The lowest BCUT2D eigenvalue weighted by molar-refractivity contribution is 0.304. The van der Waals surface area contributed by atoms with Crippen molar-refractivity contribution in [2.75, 3.05) is 6.61 Å². The van der Waals surface area contributed by atoms with E-state index in [0.717, 1.165) is 18.8 Å². The van der Waals surface area contributed by atoms with Gasteiger partial charge in [0.1, 0.15) is 5.75 Å². The quantitative estimate of drug-likeness (QED) is 0.220. The first kappa shape index (κ1) is 24.1. The van der Waals surface area contributed by atoms with Crippen molar-refractivity contribution in [2.45, 2.75) is 123 Å². The molecule has 0 N–H and O–H groups in total. The van der Waals surface area contributed by atoms with Crippen molar-refractivity contribution < 1.29 is 4.74 Å². The maximum Gasteiger partial charge on any atom is 0.119 e. The summed E-state index contributed by atoms with van der Waals surface area (Å²) in [6.07, 6.45) is 23.7. The average molecular weight is 375 g/mol. The minimum Gasteiger partial charge on any atom is -0.494 e. The molecule has 0 aromatic heterocycles. The molecule has 0 spiro atoms. The normalized spacial score (nSPS) is 11.0. The van der Waals surface area contributed by atoms with Gasteiger partial charge in [0.05, 0.1) is 6.61 Å². The molecule has 1 aromatic carbocycles. The highest BCUT2D eigenvalue weighted by molar-refractivity contribution is 5.28. The summed E-state index contributed by atoms with van der Waals surface area (Å²) in [6.45, 7) is 5.35. The van der Waals surface area contributed by atoms with Crippen molar-refractivity contribution in [3.05, 3.63) is 29.8 Å². The van der Waals surface area contributed by atoms with E-state index in [1.54, 1.807) is 0 Å². The van der Waals surface area contributed by atoms with Gasteiger partial charge in [0.25, 0.3) is 0 Å². The van der Waals surface area contributed by atoms with Gasteiger partial charge in [0.2, 0.25) is 0 Å². The Morgan fingerprint density at radius 2 is 1.07 bits per heavy atom. The number of rotatable bonds is 19. The monoisotopic (exact) mass is 374 g/mol. The highest BCUT2D eigenvalue weighted by atomic mass is 16.5. The van der Waals surface area contributed by atoms with Crippen molar-refractivity contribution in [1.82, 2.24) is 0 Å². The molecule has 0 fully saturated rings. The van der Waals surface area contributed by atoms with E-state index in [1.165, 1.54) is 108 Å². The number of ether oxygens (including phenoxy) is 1. The molecule has 0 amide bonds. The Labute approximate surface area is 170 Å². The van der Waals surface area contributed by atoms with Gasteiger partial charge < -0.3 is 4.74 Å². The largest absolute Gasteiger partial charge is 0.494 e. The van der Waals surface area contributed by atoms with Gasteiger partial charge in [-0.2, -0.15) is 0 Å². The second-order valence-corrected chi connectivity index (χ2v) is 8.15. The van der Waals surface area contributed by atoms with Crippen LogP contribution >= 0.6 is 0 Å². The van der Waals surface area contributed by atoms with Gasteiger partial charge >= 0.3 is 0 Å². The van der Waals surface area contributed by atoms with Crippen molar-refractivity contribution in [3.63, 3.8) is 0 Å². The molecule has 0 unspecified atom stereocenters. The molecule has 0 radical (unpaired) electrons. The Morgan fingerprint density at radius 1 is 0.593 bits per heavy atom. The number of hydrogen-bond donors (Lipinski definition) is 0. The Hall–Kier alpha value is -0.980. The van der Waals surface area contributed by atoms with Crippen molar-refractivity contribution in [2.24, 2.45) is 0 Å². The van der Waals surface area contributed by atoms with Crippen LogP contribution in [0.25, 0.3) is 0 Å². The van der Waals surface area contributed by atoms with Crippen LogP contribution in [-0.2, 0) is 6.42 Å². The van der Waals surface area contributed by atoms with Crippen LogP contribution in [-0.4, -0.2) is 6.61 Å². The van der Waals surface area contributed by atoms with Crippen molar-refractivity contribution >= 4 is 0 Å². The van der Waals surface area contributed by atoms with Crippen LogP contribution < -0.4 is 4.74 Å². The highest BCUT2D eigenvalue weighted by Gasteiger charge is 1.97. The molecular weight excluding hydrogens is 328 g/mol. The zero-order valence-corrected chi connectivity index (χ0v) is 18.4. The average Bonchev–Trinajstić information content (AvgIpc) is 2.70. The minimum atomic E-state index is 0.867. The molecule has 0 heterocycles. The molecule has 0 aliphatic carbocycles. The summed E-state index contributed by atoms with van der Waals surface area (Å²) in [6, 6.07) is 8.52. The van der Waals surface area contributed by atoms with Crippen molar-refractivity contribution in [3.8, 4) is 5.75 Å². The van der Waals surface area contributed by atoms with Crippen LogP contribution in [0.15, 0.2) is 24.3 Å². The van der Waals surface area contributed by atoms with Crippen LogP contribution in [0.3, 0.4) is 0 Å². The number of unbranched alkanes of at least 4 members (excludes halogenated alkanes) is 15. The summed E-state index contributed by atoms with van der Waals surface area (Å²) in [4.78, 5) is 0. The topological polar surface area (TPSA) is 9.23 Å². The number of hydrogen-bond acceptors (Lipinski definition) is 1. The predicted molar refractivity (Wildman–Crippen MR) is 121 cm³/mol. The molecule has 0 saturated heterocycles. The third kappa shape index (κ3) is 14.7. The Balaban J connectivity index is 1.76. The molecule has 1 aromatic rings. The second kappa shape index (κ2) is 18.4. The van der Waals surface area contributed by atoms with Crippen LogP contribution in [0.1, 0.15) is 122 Å². The van der Waals surface area contributed by atoms with E-state index < -0.39 is 0 Å². The smallest absolute Gasteiger partial charge is 0.119 e. The van der Waals surface area contributed by atoms with Gasteiger partial charge in [-0.25, -0.2) is 0 Å². The van der Waals surface area contributed by atoms with E-state index in [-0.39, 0.29) is 0 Å². The van der Waals surface area contributed by atoms with E-state index >= 15 is 0 Å². The first-order valence-electron chi connectivity index (χ1n) is 12.1. The van der Waals surface area contributed by atoms with Gasteiger partial charge in [-0.3, -0.25) is 0 Å².